The first kappa shape index (κ1) is 23.7. The Kier molecular flexibility index (Phi) is 7.62. The van der Waals surface area contributed by atoms with Crippen LogP contribution in [0.1, 0.15) is 52.5 Å². The van der Waals surface area contributed by atoms with Gasteiger partial charge in [0.1, 0.15) is 0 Å². The number of hydrogen-bond acceptors (Lipinski definition) is 6. The number of benzene rings is 1. The van der Waals surface area contributed by atoms with E-state index in [4.69, 9.17) is 11.6 Å². The first-order valence-corrected chi connectivity index (χ1v) is 12.4. The van der Waals surface area contributed by atoms with Gasteiger partial charge in [-0.05, 0) is 44.2 Å². The lowest BCUT2D eigenvalue weighted by atomic mass is 10.0. The minimum absolute atomic E-state index is 0.214. The molecule has 0 bridgehead atoms. The Balaban J connectivity index is 1.39. The molecule has 1 aliphatic carbocycles. The van der Waals surface area contributed by atoms with Crippen LogP contribution in [-0.2, 0) is 22.6 Å². The number of anilines is 1. The van der Waals surface area contributed by atoms with E-state index in [1.54, 1.807) is 24.3 Å². The quantitative estimate of drug-likeness (QED) is 0.452. The zero-order chi connectivity index (χ0) is 23.4. The number of amides is 3. The van der Waals surface area contributed by atoms with Crippen molar-refractivity contribution < 1.29 is 14.4 Å². The molecule has 1 fully saturated rings. The number of fused-ring (bicyclic) bond motifs is 1. The van der Waals surface area contributed by atoms with Crippen molar-refractivity contribution in [3.63, 3.8) is 0 Å². The highest BCUT2D eigenvalue weighted by atomic mass is 35.5. The fourth-order valence-electron chi connectivity index (χ4n) is 4.26. The molecule has 1 aromatic heterocycles. The minimum atomic E-state index is -0.747. The average Bonchev–Trinajstić information content (AvgIpc) is 3.10. The molecule has 10 heteroatoms. The summed E-state index contributed by atoms with van der Waals surface area (Å²) in [6.45, 7) is 1.75. The molecule has 8 nitrogen and oxygen atoms in total. The Labute approximate surface area is 202 Å². The highest BCUT2D eigenvalue weighted by Crippen LogP contribution is 2.25. The van der Waals surface area contributed by atoms with E-state index in [1.165, 1.54) is 11.3 Å². The van der Waals surface area contributed by atoms with Crippen LogP contribution < -0.4 is 16.0 Å². The summed E-state index contributed by atoms with van der Waals surface area (Å²) in [5, 5.41) is 9.50. The molecule has 0 unspecified atom stereocenters. The Morgan fingerprint density at radius 2 is 1.73 bits per heavy atom. The van der Waals surface area contributed by atoms with Gasteiger partial charge in [-0.2, -0.15) is 0 Å². The maximum Gasteiger partial charge on any atom is 0.313 e. The van der Waals surface area contributed by atoms with Gasteiger partial charge < -0.3 is 20.9 Å². The summed E-state index contributed by atoms with van der Waals surface area (Å²) in [7, 11) is 2.06. The predicted molar refractivity (Wildman–Crippen MR) is 129 cm³/mol. The number of halogens is 1. The summed E-state index contributed by atoms with van der Waals surface area (Å²) in [5.74, 6) is -1.68. The first-order valence-electron chi connectivity index (χ1n) is 11.2. The number of carbonyl (C=O) groups excluding carboxylic acids is 3. The monoisotopic (exact) mass is 489 g/mol. The number of thiazole rings is 1. The highest BCUT2D eigenvalue weighted by molar-refractivity contribution is 7.13. The Morgan fingerprint density at radius 1 is 1.03 bits per heavy atom. The zero-order valence-electron chi connectivity index (χ0n) is 18.5. The van der Waals surface area contributed by atoms with Crippen LogP contribution in [0.2, 0.25) is 5.02 Å². The minimum Gasteiger partial charge on any atom is -0.345 e. The normalized spacial score (nSPS) is 20.9. The molecule has 176 valence electrons. The molecule has 1 saturated carbocycles. The van der Waals surface area contributed by atoms with E-state index in [1.807, 2.05) is 0 Å². The van der Waals surface area contributed by atoms with Crippen LogP contribution in [0.5, 0.6) is 0 Å². The second-order valence-corrected chi connectivity index (χ2v) is 10.2. The Morgan fingerprint density at radius 3 is 2.45 bits per heavy atom. The van der Waals surface area contributed by atoms with E-state index in [0.29, 0.717) is 22.1 Å². The van der Waals surface area contributed by atoms with E-state index in [9.17, 15) is 14.4 Å². The topological polar surface area (TPSA) is 103 Å². The van der Waals surface area contributed by atoms with Crippen molar-refractivity contribution in [3.8, 4) is 0 Å². The van der Waals surface area contributed by atoms with E-state index in [0.717, 1.165) is 55.8 Å². The van der Waals surface area contributed by atoms with Gasteiger partial charge in [0.25, 0.3) is 5.91 Å². The molecule has 2 atom stereocenters. The lowest BCUT2D eigenvalue weighted by Gasteiger charge is -2.26. The Bertz CT molecular complexity index is 1030. The van der Waals surface area contributed by atoms with E-state index < -0.39 is 11.8 Å². The van der Waals surface area contributed by atoms with Crippen molar-refractivity contribution in [1.82, 2.24) is 20.5 Å². The number of nitrogens with zero attached hydrogens (tertiary/aromatic N) is 2. The molecule has 3 amide bonds. The molecule has 2 aliphatic rings. The van der Waals surface area contributed by atoms with E-state index >= 15 is 0 Å². The number of rotatable bonds is 4. The molecule has 4 rings (SSSR count). The summed E-state index contributed by atoms with van der Waals surface area (Å²) >= 11 is 7.30. The largest absolute Gasteiger partial charge is 0.345 e. The summed E-state index contributed by atoms with van der Waals surface area (Å²) in [6, 6.07) is 5.97. The molecule has 33 heavy (non-hydrogen) atoms. The molecule has 0 radical (unpaired) electrons. The first-order chi connectivity index (χ1) is 15.9. The van der Waals surface area contributed by atoms with Gasteiger partial charge in [0.2, 0.25) is 0 Å². The summed E-state index contributed by atoms with van der Waals surface area (Å²) in [5.41, 5.74) is 1.50. The lowest BCUT2D eigenvalue weighted by molar-refractivity contribution is -0.136. The summed E-state index contributed by atoms with van der Waals surface area (Å²) in [4.78, 5) is 45.9. The average molecular weight is 490 g/mol. The maximum absolute atomic E-state index is 13.0. The fraction of sp³-hybridized carbons (Fsp3) is 0.478. The highest BCUT2D eigenvalue weighted by Gasteiger charge is 2.30. The smallest absolute Gasteiger partial charge is 0.313 e. The van der Waals surface area contributed by atoms with Gasteiger partial charge in [0.15, 0.2) is 5.01 Å². The maximum atomic E-state index is 13.0. The number of aromatic nitrogens is 1. The molecule has 0 spiro atoms. The van der Waals surface area contributed by atoms with Crippen LogP contribution in [0.4, 0.5) is 5.69 Å². The number of carbonyl (C=O) groups is 3. The van der Waals surface area contributed by atoms with Gasteiger partial charge in [-0.1, -0.05) is 30.9 Å². The standard InChI is InChI=1S/C23H28ClN5O3S/c1-29-12-11-18-19(13-29)33-23(28-18)22(32)27-17-6-4-2-3-5-16(17)26-21(31)20(30)25-15-9-7-14(24)8-10-15/h7-10,16-17H,2-6,11-13H2,1H3,(H,25,30)(H,26,31)(H,27,32)/t16-,17-/m1/s1. The molecule has 2 heterocycles. The van der Waals surface area contributed by atoms with Crippen molar-refractivity contribution in [2.24, 2.45) is 0 Å². The van der Waals surface area contributed by atoms with Crippen LogP contribution in [-0.4, -0.2) is 53.3 Å². The molecule has 0 saturated heterocycles. The summed E-state index contributed by atoms with van der Waals surface area (Å²) in [6.07, 6.45) is 5.18. The second-order valence-electron chi connectivity index (χ2n) is 8.64. The molecule has 3 N–H and O–H groups in total. The van der Waals surface area contributed by atoms with Crippen molar-refractivity contribution in [2.45, 2.75) is 57.2 Å². The van der Waals surface area contributed by atoms with E-state index in [-0.39, 0.29) is 18.0 Å². The van der Waals surface area contributed by atoms with E-state index in [2.05, 4.69) is 32.9 Å². The van der Waals surface area contributed by atoms with Gasteiger partial charge in [0.05, 0.1) is 5.69 Å². The molecular weight excluding hydrogens is 462 g/mol. The Hall–Kier alpha value is -2.49. The predicted octanol–water partition coefficient (Wildman–Crippen LogP) is 2.97. The third-order valence-corrected chi connectivity index (χ3v) is 7.41. The number of hydrogen-bond donors (Lipinski definition) is 3. The van der Waals surface area contributed by atoms with Gasteiger partial charge in [-0.25, -0.2) is 4.98 Å². The van der Waals surface area contributed by atoms with Crippen LogP contribution in [0.15, 0.2) is 24.3 Å². The third-order valence-electron chi connectivity index (χ3n) is 6.07. The number of nitrogens with one attached hydrogen (secondary N) is 3. The van der Waals surface area contributed by atoms with Gasteiger partial charge >= 0.3 is 11.8 Å². The zero-order valence-corrected chi connectivity index (χ0v) is 20.1. The second kappa shape index (κ2) is 10.6. The molecule has 1 aromatic carbocycles. The SMILES string of the molecule is CN1CCc2nc(C(=O)N[C@@H]3CCCCC[C@H]3NC(=O)C(=O)Nc3ccc(Cl)cc3)sc2C1. The number of likely N-dealkylation sites (N-methyl/N-ethyl adjacent to an activating group) is 1. The molecule has 2 aromatic rings. The molecular formula is C23H28ClN5O3S. The third kappa shape index (κ3) is 6.10. The van der Waals surface area contributed by atoms with Crippen molar-refractivity contribution in [2.75, 3.05) is 18.9 Å². The lowest BCUT2D eigenvalue weighted by Crippen LogP contribution is -2.53. The van der Waals surface area contributed by atoms with Gasteiger partial charge in [0, 0.05) is 47.2 Å². The van der Waals surface area contributed by atoms with Crippen LogP contribution in [0.25, 0.3) is 0 Å². The molecule has 1 aliphatic heterocycles. The van der Waals surface area contributed by atoms with Crippen molar-refractivity contribution >= 4 is 46.3 Å². The summed E-state index contributed by atoms with van der Waals surface area (Å²) < 4.78 is 0. The van der Waals surface area contributed by atoms with Crippen LogP contribution >= 0.6 is 22.9 Å². The van der Waals surface area contributed by atoms with Crippen molar-refractivity contribution in [1.29, 1.82) is 0 Å². The van der Waals surface area contributed by atoms with Crippen LogP contribution in [0, 0.1) is 0 Å². The van der Waals surface area contributed by atoms with Gasteiger partial charge in [-0.15, -0.1) is 11.3 Å². The van der Waals surface area contributed by atoms with Gasteiger partial charge in [-0.3, -0.25) is 14.4 Å². The van der Waals surface area contributed by atoms with Crippen LogP contribution in [0.3, 0.4) is 0 Å². The van der Waals surface area contributed by atoms with Crippen molar-refractivity contribution in [3.05, 3.63) is 44.9 Å². The fourth-order valence-corrected chi connectivity index (χ4v) is 5.48.